The van der Waals surface area contributed by atoms with Crippen LogP contribution >= 0.6 is 11.8 Å². The Kier molecular flexibility index (Phi) is 6.88. The van der Waals surface area contributed by atoms with Crippen LogP contribution in [0.3, 0.4) is 0 Å². The van der Waals surface area contributed by atoms with Gasteiger partial charge in [0.25, 0.3) is 0 Å². The Morgan fingerprint density at radius 3 is 2.65 bits per heavy atom. The minimum Gasteiger partial charge on any atom is -0.352 e. The Hall–Kier alpha value is -2.07. The van der Waals surface area contributed by atoms with Crippen LogP contribution in [0.2, 0.25) is 0 Å². The largest absolute Gasteiger partial charge is 0.352 e. The third-order valence-electron chi connectivity index (χ3n) is 3.36. The monoisotopic (exact) mass is 329 g/mol. The van der Waals surface area contributed by atoms with Gasteiger partial charge in [-0.2, -0.15) is 11.8 Å². The number of aryl methyl sites for hydroxylation is 1. The molecule has 0 radical (unpaired) electrons. The molecule has 0 aliphatic rings. The molecule has 0 atom stereocenters. The summed E-state index contributed by atoms with van der Waals surface area (Å²) in [4.78, 5) is 11.7. The first-order chi connectivity index (χ1) is 11.1. The van der Waals surface area contributed by atoms with Crippen molar-refractivity contribution >= 4 is 23.7 Å². The molecule has 0 aliphatic heterocycles. The second-order valence-electron chi connectivity index (χ2n) is 5.15. The molecule has 0 saturated heterocycles. The Labute approximate surface area is 140 Å². The number of halogens is 1. The van der Waals surface area contributed by atoms with E-state index in [1.807, 2.05) is 12.1 Å². The Morgan fingerprint density at radius 2 is 1.91 bits per heavy atom. The van der Waals surface area contributed by atoms with Gasteiger partial charge in [0.1, 0.15) is 5.82 Å². The van der Waals surface area contributed by atoms with Gasteiger partial charge in [-0.05, 0) is 41.8 Å². The van der Waals surface area contributed by atoms with Crippen molar-refractivity contribution in [1.29, 1.82) is 0 Å². The third kappa shape index (κ3) is 6.28. The fourth-order valence-electron chi connectivity index (χ4n) is 2.01. The maximum absolute atomic E-state index is 12.8. The zero-order valence-electron chi connectivity index (χ0n) is 13.1. The van der Waals surface area contributed by atoms with E-state index in [9.17, 15) is 9.18 Å². The van der Waals surface area contributed by atoms with Crippen molar-refractivity contribution in [3.05, 3.63) is 77.1 Å². The van der Waals surface area contributed by atoms with Crippen LogP contribution in [0.25, 0.3) is 6.08 Å². The summed E-state index contributed by atoms with van der Waals surface area (Å²) in [5.74, 6) is 1.40. The average molecular weight is 329 g/mol. The minimum atomic E-state index is -0.280. The minimum absolute atomic E-state index is 0.134. The van der Waals surface area contributed by atoms with Crippen molar-refractivity contribution in [2.45, 2.75) is 12.7 Å². The number of nitrogens with one attached hydrogen (secondary N) is 1. The molecule has 2 rings (SSSR count). The van der Waals surface area contributed by atoms with Gasteiger partial charge in [0, 0.05) is 24.1 Å². The summed E-state index contributed by atoms with van der Waals surface area (Å²) in [6, 6.07) is 14.3. The van der Waals surface area contributed by atoms with E-state index in [4.69, 9.17) is 0 Å². The number of hydrogen-bond acceptors (Lipinski definition) is 2. The molecule has 0 saturated carbocycles. The van der Waals surface area contributed by atoms with Crippen molar-refractivity contribution in [3.8, 4) is 0 Å². The second kappa shape index (κ2) is 9.16. The summed E-state index contributed by atoms with van der Waals surface area (Å²) < 4.78 is 12.8. The van der Waals surface area contributed by atoms with E-state index >= 15 is 0 Å². The van der Waals surface area contributed by atoms with E-state index in [1.165, 1.54) is 29.3 Å². The van der Waals surface area contributed by atoms with Crippen LogP contribution in [-0.4, -0.2) is 18.2 Å². The quantitative estimate of drug-likeness (QED) is 0.609. The summed E-state index contributed by atoms with van der Waals surface area (Å²) >= 11 is 1.80. The lowest BCUT2D eigenvalue weighted by molar-refractivity contribution is -0.116. The first kappa shape index (κ1) is 17.3. The first-order valence-corrected chi connectivity index (χ1v) is 8.64. The van der Waals surface area contributed by atoms with Crippen LogP contribution in [0.15, 0.2) is 54.6 Å². The molecule has 2 aromatic rings. The lowest BCUT2D eigenvalue weighted by Crippen LogP contribution is -2.23. The van der Waals surface area contributed by atoms with Crippen LogP contribution in [0.4, 0.5) is 4.39 Å². The van der Waals surface area contributed by atoms with Crippen molar-refractivity contribution in [1.82, 2.24) is 5.32 Å². The molecule has 1 N–H and O–H groups in total. The lowest BCUT2D eigenvalue weighted by Gasteiger charge is -2.05. The molecule has 0 unspecified atom stereocenters. The van der Waals surface area contributed by atoms with Crippen molar-refractivity contribution in [2.75, 3.05) is 12.3 Å². The highest BCUT2D eigenvalue weighted by molar-refractivity contribution is 7.98. The Morgan fingerprint density at radius 1 is 1.17 bits per heavy atom. The predicted molar refractivity (Wildman–Crippen MR) is 95.8 cm³/mol. The van der Waals surface area contributed by atoms with Crippen LogP contribution in [0, 0.1) is 12.7 Å². The summed E-state index contributed by atoms with van der Waals surface area (Å²) in [6.45, 7) is 2.74. The zero-order valence-corrected chi connectivity index (χ0v) is 13.9. The molecular formula is C19H20FNOS. The summed E-state index contributed by atoms with van der Waals surface area (Å²) in [7, 11) is 0. The molecule has 120 valence electrons. The number of benzene rings is 2. The van der Waals surface area contributed by atoms with E-state index in [1.54, 1.807) is 30.0 Å². The average Bonchev–Trinajstić information content (AvgIpc) is 2.55. The van der Waals surface area contributed by atoms with Crippen LogP contribution in [-0.2, 0) is 10.5 Å². The first-order valence-electron chi connectivity index (χ1n) is 7.49. The van der Waals surface area contributed by atoms with E-state index in [0.717, 1.165) is 17.1 Å². The maximum atomic E-state index is 12.8. The molecule has 0 fully saturated rings. The fraction of sp³-hybridized carbons (Fsp3) is 0.211. The summed E-state index contributed by atoms with van der Waals surface area (Å²) in [6.07, 6.45) is 3.15. The highest BCUT2D eigenvalue weighted by atomic mass is 32.2. The SMILES string of the molecule is Cc1ccccc1CSCCNC(=O)/C=C/c1ccc(F)cc1. The van der Waals surface area contributed by atoms with Crippen LogP contribution in [0.1, 0.15) is 16.7 Å². The van der Waals surface area contributed by atoms with Gasteiger partial charge < -0.3 is 5.32 Å². The molecule has 0 spiro atoms. The molecule has 2 nitrogen and oxygen atoms in total. The number of amides is 1. The number of rotatable bonds is 7. The van der Waals surface area contributed by atoms with Crippen molar-refractivity contribution in [3.63, 3.8) is 0 Å². The van der Waals surface area contributed by atoms with Gasteiger partial charge in [0.15, 0.2) is 0 Å². The molecule has 0 aliphatic carbocycles. The van der Waals surface area contributed by atoms with Gasteiger partial charge in [-0.1, -0.05) is 36.4 Å². The second-order valence-corrected chi connectivity index (χ2v) is 6.26. The van der Waals surface area contributed by atoms with Crippen molar-refractivity contribution < 1.29 is 9.18 Å². The van der Waals surface area contributed by atoms with Gasteiger partial charge in [0.2, 0.25) is 5.91 Å². The molecule has 0 heterocycles. The van der Waals surface area contributed by atoms with E-state index in [-0.39, 0.29) is 11.7 Å². The third-order valence-corrected chi connectivity index (χ3v) is 4.37. The highest BCUT2D eigenvalue weighted by Crippen LogP contribution is 2.15. The van der Waals surface area contributed by atoms with Gasteiger partial charge in [-0.25, -0.2) is 4.39 Å². The van der Waals surface area contributed by atoms with Gasteiger partial charge >= 0.3 is 0 Å². The smallest absolute Gasteiger partial charge is 0.244 e. The number of thioether (sulfide) groups is 1. The molecule has 2 aromatic carbocycles. The zero-order chi connectivity index (χ0) is 16.5. The number of carbonyl (C=O) groups is 1. The van der Waals surface area contributed by atoms with E-state index in [2.05, 4.69) is 24.4 Å². The van der Waals surface area contributed by atoms with E-state index in [0.29, 0.717) is 6.54 Å². The molecule has 0 bridgehead atoms. The molecule has 23 heavy (non-hydrogen) atoms. The maximum Gasteiger partial charge on any atom is 0.244 e. The van der Waals surface area contributed by atoms with Crippen molar-refractivity contribution in [2.24, 2.45) is 0 Å². The summed E-state index contributed by atoms with van der Waals surface area (Å²) in [5.41, 5.74) is 3.43. The summed E-state index contributed by atoms with van der Waals surface area (Å²) in [5, 5.41) is 2.84. The van der Waals surface area contributed by atoms with Crippen LogP contribution in [0.5, 0.6) is 0 Å². The highest BCUT2D eigenvalue weighted by Gasteiger charge is 1.99. The fourth-order valence-corrected chi connectivity index (χ4v) is 2.94. The normalized spacial score (nSPS) is 10.9. The van der Waals surface area contributed by atoms with Crippen LogP contribution < -0.4 is 5.32 Å². The van der Waals surface area contributed by atoms with E-state index < -0.39 is 0 Å². The molecule has 1 amide bonds. The topological polar surface area (TPSA) is 29.1 Å². The van der Waals surface area contributed by atoms with Gasteiger partial charge in [-0.15, -0.1) is 0 Å². The standard InChI is InChI=1S/C19H20FNOS/c1-15-4-2-3-5-17(15)14-23-13-12-21-19(22)11-8-16-6-9-18(20)10-7-16/h2-11H,12-14H2,1H3,(H,21,22)/b11-8+. The molecular weight excluding hydrogens is 309 g/mol. The molecule has 4 heteroatoms. The predicted octanol–water partition coefficient (Wildman–Crippen LogP) is 4.20. The molecule has 0 aromatic heterocycles. The Balaban J connectivity index is 1.65. The lowest BCUT2D eigenvalue weighted by atomic mass is 10.1. The van der Waals surface area contributed by atoms with Gasteiger partial charge in [-0.3, -0.25) is 4.79 Å². The number of carbonyl (C=O) groups excluding carboxylic acids is 1. The Bertz CT molecular complexity index is 667. The number of hydrogen-bond donors (Lipinski definition) is 1. The van der Waals surface area contributed by atoms with Gasteiger partial charge in [0.05, 0.1) is 0 Å².